The molecule has 0 aromatic heterocycles. The molecule has 2 aliphatic heterocycles. The summed E-state index contributed by atoms with van der Waals surface area (Å²) in [7, 11) is 0. The standard InChI is InChI=1S/2C14H7N3O7S.Ni/c2*18-9-5-3-1-2-4-6(5)10(19)11(25)7(9)16-13(21)8(17(23)24)12(20)15-14(16)22;/h2*1-4,8,25H,(H,15,20,22);/q;;+2/p-2. The first-order chi connectivity index (χ1) is 23.5. The second kappa shape index (κ2) is 13.8. The molecule has 0 radical (unpaired) electrons. The molecular weight excluding hydrogens is 767 g/mol. The first-order valence-corrected chi connectivity index (χ1v) is 14.2. The quantitative estimate of drug-likeness (QED) is 0.125. The Morgan fingerprint density at radius 3 is 1.08 bits per heavy atom. The minimum absolute atomic E-state index is 0. The van der Waals surface area contributed by atoms with E-state index in [2.05, 4.69) is 0 Å². The number of imide groups is 4. The first-order valence-electron chi connectivity index (χ1n) is 13.3. The van der Waals surface area contributed by atoms with E-state index in [0.717, 1.165) is 0 Å². The van der Waals surface area contributed by atoms with Gasteiger partial charge in [0.05, 0.1) is 11.4 Å². The summed E-state index contributed by atoms with van der Waals surface area (Å²) in [5.41, 5.74) is -1.78. The fraction of sp³-hybridized carbons (Fsp3) is 0.0714. The van der Waals surface area contributed by atoms with Crippen LogP contribution >= 0.6 is 0 Å². The van der Waals surface area contributed by atoms with Crippen LogP contribution in [0.5, 0.6) is 0 Å². The Balaban J connectivity index is 0.000000224. The minimum atomic E-state index is -2.42. The number of benzene rings is 2. The van der Waals surface area contributed by atoms with E-state index in [4.69, 9.17) is 25.3 Å². The van der Waals surface area contributed by atoms with Gasteiger partial charge in [0, 0.05) is 32.1 Å². The number of nitro groups is 2. The molecule has 2 heterocycles. The van der Waals surface area contributed by atoms with Crippen LogP contribution in [0.1, 0.15) is 41.4 Å². The Labute approximate surface area is 302 Å². The van der Waals surface area contributed by atoms with Crippen molar-refractivity contribution in [3.05, 3.63) is 112 Å². The molecule has 2 unspecified atom stereocenters. The van der Waals surface area contributed by atoms with Crippen molar-refractivity contribution in [2.24, 2.45) is 0 Å². The molecule has 2 aromatic carbocycles. The normalized spacial score (nSPS) is 20.2. The third kappa shape index (κ3) is 6.04. The zero-order valence-corrected chi connectivity index (χ0v) is 27.0. The fourth-order valence-corrected chi connectivity index (χ4v) is 5.60. The summed E-state index contributed by atoms with van der Waals surface area (Å²) < 4.78 is 0. The Morgan fingerprint density at radius 2 is 0.804 bits per heavy atom. The van der Waals surface area contributed by atoms with E-state index in [-0.39, 0.29) is 48.5 Å². The molecule has 8 amide bonds. The third-order valence-electron chi connectivity index (χ3n) is 7.25. The summed E-state index contributed by atoms with van der Waals surface area (Å²) in [4.78, 5) is 140. The molecule has 20 nitrogen and oxygen atoms in total. The molecule has 2 saturated heterocycles. The number of allylic oxidation sites excluding steroid dienone is 4. The van der Waals surface area contributed by atoms with Gasteiger partial charge in [-0.25, -0.2) is 19.4 Å². The average molecular weight is 779 g/mol. The second-order valence-corrected chi connectivity index (χ2v) is 10.9. The van der Waals surface area contributed by atoms with Crippen LogP contribution in [0.25, 0.3) is 0 Å². The number of carbonyl (C=O) groups is 10. The number of nitrogens with zero attached hydrogens (tertiary/aromatic N) is 4. The molecule has 0 bridgehead atoms. The summed E-state index contributed by atoms with van der Waals surface area (Å²) >= 11 is 9.78. The first kappa shape index (κ1) is 37.4. The van der Waals surface area contributed by atoms with Crippen molar-refractivity contribution in [3.63, 3.8) is 0 Å². The number of urea groups is 2. The summed E-state index contributed by atoms with van der Waals surface area (Å²) in [5.74, 6) is -9.38. The SMILES string of the molecule is O=C1C([S-])=C(N2C(=O)NC(=O)C([N+](=O)[O-])C2=O)C(=O)c2ccccc21.O=C1C([S-])=C(N2C(=O)NC(=O)C([N+](=O)[O-])C2=O)C(=O)c2ccccc21.[Ni+2]. The van der Waals surface area contributed by atoms with Crippen molar-refractivity contribution in [1.29, 1.82) is 0 Å². The zero-order valence-electron chi connectivity index (χ0n) is 24.4. The molecule has 0 spiro atoms. The van der Waals surface area contributed by atoms with Crippen LogP contribution in [0.15, 0.2) is 69.7 Å². The maximum absolute atomic E-state index is 12.6. The fourth-order valence-electron chi connectivity index (χ4n) is 5.01. The number of hydrogen-bond acceptors (Lipinski definition) is 16. The molecule has 4 aliphatic rings. The third-order valence-corrected chi connectivity index (χ3v) is 8.00. The Kier molecular flexibility index (Phi) is 10.1. The summed E-state index contributed by atoms with van der Waals surface area (Å²) in [6.45, 7) is 0. The monoisotopic (exact) mass is 778 g/mol. The Hall–Kier alpha value is -6.45. The number of nitrogens with one attached hydrogen (secondary N) is 2. The number of hydrogen-bond donors (Lipinski definition) is 2. The van der Waals surface area contributed by atoms with Gasteiger partial charge in [-0.1, -0.05) is 58.3 Å². The van der Waals surface area contributed by atoms with Crippen LogP contribution in [-0.4, -0.2) is 90.6 Å². The van der Waals surface area contributed by atoms with Crippen LogP contribution in [0.3, 0.4) is 0 Å². The summed E-state index contributed by atoms with van der Waals surface area (Å²) in [6, 6.07) is 3.57. The topological polar surface area (TPSA) is 288 Å². The number of barbiturate groups is 2. The maximum atomic E-state index is 12.6. The predicted molar refractivity (Wildman–Crippen MR) is 161 cm³/mol. The van der Waals surface area contributed by atoms with E-state index < -0.39 is 102 Å². The van der Waals surface area contributed by atoms with Crippen molar-refractivity contribution in [2.75, 3.05) is 0 Å². The van der Waals surface area contributed by atoms with Crippen molar-refractivity contribution in [1.82, 2.24) is 20.4 Å². The molecule has 2 aliphatic carbocycles. The number of fused-ring (bicyclic) bond motifs is 2. The molecule has 0 saturated carbocycles. The van der Waals surface area contributed by atoms with Crippen LogP contribution in [0.2, 0.25) is 0 Å². The predicted octanol–water partition coefficient (Wildman–Crippen LogP) is -0.907. The van der Waals surface area contributed by atoms with Crippen molar-refractivity contribution in [3.8, 4) is 0 Å². The van der Waals surface area contributed by atoms with E-state index in [9.17, 15) is 68.2 Å². The Morgan fingerprint density at radius 1 is 0.529 bits per heavy atom. The maximum Gasteiger partial charge on any atom is 2.00 e. The number of amides is 8. The van der Waals surface area contributed by atoms with E-state index >= 15 is 0 Å². The van der Waals surface area contributed by atoms with Crippen molar-refractivity contribution >= 4 is 84.1 Å². The van der Waals surface area contributed by atoms with Gasteiger partial charge in [0.1, 0.15) is 0 Å². The van der Waals surface area contributed by atoms with Gasteiger partial charge in [-0.05, 0) is 0 Å². The van der Waals surface area contributed by atoms with E-state index in [1.165, 1.54) is 48.5 Å². The number of rotatable bonds is 4. The van der Waals surface area contributed by atoms with Gasteiger partial charge < -0.3 is 25.3 Å². The molecule has 6 rings (SSSR count). The minimum Gasteiger partial charge on any atom is -0.774 e. The van der Waals surface area contributed by atoms with Crippen LogP contribution in [0, 0.1) is 20.2 Å². The molecular formula is C28H12N6NiO14S2. The van der Waals surface area contributed by atoms with Gasteiger partial charge in [0.2, 0.25) is 11.6 Å². The number of Topliss-reactive ketones (excluding diaryl/α,β-unsaturated/α-hetero) is 4. The molecule has 2 atom stereocenters. The van der Waals surface area contributed by atoms with Gasteiger partial charge in [-0.2, -0.15) is 0 Å². The van der Waals surface area contributed by atoms with Gasteiger partial charge in [-0.3, -0.25) is 69.2 Å². The van der Waals surface area contributed by atoms with Gasteiger partial charge in [0.25, 0.3) is 0 Å². The van der Waals surface area contributed by atoms with Gasteiger partial charge >= 0.3 is 64.3 Å². The molecule has 2 N–H and O–H groups in total. The van der Waals surface area contributed by atoms with Crippen molar-refractivity contribution < 1.29 is 74.3 Å². The molecule has 2 fully saturated rings. The summed E-state index contributed by atoms with van der Waals surface area (Å²) in [6.07, 6.45) is 0. The molecule has 2 aromatic rings. The zero-order chi connectivity index (χ0) is 36.9. The van der Waals surface area contributed by atoms with E-state index in [1.54, 1.807) is 10.6 Å². The van der Waals surface area contributed by atoms with Crippen LogP contribution in [0.4, 0.5) is 9.59 Å². The number of carbonyl (C=O) groups excluding carboxylic acids is 10. The molecule has 51 heavy (non-hydrogen) atoms. The summed E-state index contributed by atoms with van der Waals surface area (Å²) in [5, 5.41) is 25.1. The molecule has 23 heteroatoms. The number of ketones is 4. The second-order valence-electron chi connectivity index (χ2n) is 10.1. The smallest absolute Gasteiger partial charge is 0.774 e. The van der Waals surface area contributed by atoms with E-state index in [0.29, 0.717) is 0 Å². The molecule has 260 valence electrons. The van der Waals surface area contributed by atoms with Crippen LogP contribution in [-0.2, 0) is 60.9 Å². The average Bonchev–Trinajstić information content (AvgIpc) is 3.05. The van der Waals surface area contributed by atoms with Crippen molar-refractivity contribution in [2.45, 2.75) is 12.1 Å². The van der Waals surface area contributed by atoms with Gasteiger partial charge in [-0.15, -0.1) is 0 Å². The van der Waals surface area contributed by atoms with E-state index in [1.807, 2.05) is 0 Å². The van der Waals surface area contributed by atoms with Crippen LogP contribution < -0.4 is 10.6 Å². The Bertz CT molecular complexity index is 2030. The largest absolute Gasteiger partial charge is 2.00 e. The van der Waals surface area contributed by atoms with Gasteiger partial charge in [0.15, 0.2) is 11.6 Å².